The Morgan fingerprint density at radius 3 is 2.71 bits per heavy atom. The number of hydrogen-bond acceptors (Lipinski definition) is 4. The lowest BCUT2D eigenvalue weighted by Crippen LogP contribution is -2.24. The zero-order valence-corrected chi connectivity index (χ0v) is 9.67. The van der Waals surface area contributed by atoms with Crippen LogP contribution in [0.15, 0.2) is 0 Å². The standard InChI is InChI=1S/C11H16N4O2/c16-10(17)11(5-6-11)7-15-9(12-13-14-15)8-3-1-2-4-8/h8H,1-7H2,(H,16,17). The van der Waals surface area contributed by atoms with Gasteiger partial charge in [0.1, 0.15) is 0 Å². The summed E-state index contributed by atoms with van der Waals surface area (Å²) >= 11 is 0. The van der Waals surface area contributed by atoms with Crippen molar-refractivity contribution in [2.45, 2.75) is 51.0 Å². The molecule has 0 atom stereocenters. The number of carboxylic acid groups (broad SMARTS) is 1. The molecule has 2 saturated carbocycles. The van der Waals surface area contributed by atoms with Gasteiger partial charge in [-0.3, -0.25) is 4.79 Å². The van der Waals surface area contributed by atoms with Gasteiger partial charge in [0.15, 0.2) is 5.82 Å². The highest BCUT2D eigenvalue weighted by Gasteiger charge is 2.51. The van der Waals surface area contributed by atoms with Crippen molar-refractivity contribution >= 4 is 5.97 Å². The van der Waals surface area contributed by atoms with Crippen LogP contribution >= 0.6 is 0 Å². The molecular formula is C11H16N4O2. The molecule has 0 saturated heterocycles. The van der Waals surface area contributed by atoms with E-state index in [-0.39, 0.29) is 0 Å². The minimum atomic E-state index is -0.717. The van der Waals surface area contributed by atoms with E-state index in [1.165, 1.54) is 12.8 Å². The molecule has 0 bridgehead atoms. The molecule has 0 radical (unpaired) electrons. The zero-order valence-electron chi connectivity index (χ0n) is 9.67. The third kappa shape index (κ3) is 1.81. The summed E-state index contributed by atoms with van der Waals surface area (Å²) in [5.74, 6) is 0.593. The third-order valence-electron chi connectivity index (χ3n) is 4.04. The second-order valence-electron chi connectivity index (χ2n) is 5.26. The number of rotatable bonds is 4. The molecule has 92 valence electrons. The predicted molar refractivity (Wildman–Crippen MR) is 58.3 cm³/mol. The van der Waals surface area contributed by atoms with E-state index in [1.54, 1.807) is 4.68 Å². The Balaban J connectivity index is 1.79. The average molecular weight is 236 g/mol. The van der Waals surface area contributed by atoms with Gasteiger partial charge in [-0.2, -0.15) is 0 Å². The molecule has 1 heterocycles. The summed E-state index contributed by atoms with van der Waals surface area (Å²) in [5.41, 5.74) is -0.595. The summed E-state index contributed by atoms with van der Waals surface area (Å²) in [6, 6.07) is 0. The van der Waals surface area contributed by atoms with Crippen molar-refractivity contribution in [1.29, 1.82) is 0 Å². The monoisotopic (exact) mass is 236 g/mol. The molecule has 2 aliphatic rings. The summed E-state index contributed by atoms with van der Waals surface area (Å²) in [6.07, 6.45) is 6.18. The average Bonchev–Trinajstić information content (AvgIpc) is 2.75. The van der Waals surface area contributed by atoms with Crippen LogP contribution in [0.3, 0.4) is 0 Å². The van der Waals surface area contributed by atoms with E-state index in [0.29, 0.717) is 12.5 Å². The summed E-state index contributed by atoms with van der Waals surface area (Å²) in [4.78, 5) is 11.2. The summed E-state index contributed by atoms with van der Waals surface area (Å²) in [6.45, 7) is 0.432. The summed E-state index contributed by atoms with van der Waals surface area (Å²) in [5, 5.41) is 20.9. The molecule has 0 aromatic carbocycles. The highest BCUT2D eigenvalue weighted by atomic mass is 16.4. The maximum Gasteiger partial charge on any atom is 0.311 e. The van der Waals surface area contributed by atoms with Crippen LogP contribution in [0.4, 0.5) is 0 Å². The molecule has 1 aromatic rings. The van der Waals surface area contributed by atoms with Crippen LogP contribution in [-0.2, 0) is 11.3 Å². The molecule has 2 fully saturated rings. The van der Waals surface area contributed by atoms with Crippen molar-refractivity contribution in [2.24, 2.45) is 5.41 Å². The quantitative estimate of drug-likeness (QED) is 0.849. The summed E-state index contributed by atoms with van der Waals surface area (Å²) < 4.78 is 1.72. The van der Waals surface area contributed by atoms with E-state index in [1.807, 2.05) is 0 Å². The lowest BCUT2D eigenvalue weighted by Gasteiger charge is -2.13. The van der Waals surface area contributed by atoms with Gasteiger partial charge in [-0.1, -0.05) is 12.8 Å². The van der Waals surface area contributed by atoms with Gasteiger partial charge in [-0.25, -0.2) is 4.68 Å². The van der Waals surface area contributed by atoms with Gasteiger partial charge in [0.2, 0.25) is 0 Å². The minimum Gasteiger partial charge on any atom is -0.481 e. The van der Waals surface area contributed by atoms with Crippen LogP contribution in [0, 0.1) is 5.41 Å². The number of tetrazole rings is 1. The highest BCUT2D eigenvalue weighted by Crippen LogP contribution is 2.47. The first kappa shape index (κ1) is 10.7. The van der Waals surface area contributed by atoms with Crippen molar-refractivity contribution in [3.8, 4) is 0 Å². The van der Waals surface area contributed by atoms with Crippen molar-refractivity contribution in [1.82, 2.24) is 20.2 Å². The Bertz CT molecular complexity index is 432. The van der Waals surface area contributed by atoms with E-state index in [0.717, 1.165) is 31.5 Å². The Morgan fingerprint density at radius 1 is 1.41 bits per heavy atom. The lowest BCUT2D eigenvalue weighted by molar-refractivity contribution is -0.144. The molecule has 6 heteroatoms. The number of carbonyl (C=O) groups is 1. The molecule has 1 N–H and O–H groups in total. The molecule has 6 nitrogen and oxygen atoms in total. The van der Waals surface area contributed by atoms with E-state index >= 15 is 0 Å². The van der Waals surface area contributed by atoms with Crippen molar-refractivity contribution in [3.05, 3.63) is 5.82 Å². The van der Waals surface area contributed by atoms with Gasteiger partial charge in [-0.15, -0.1) is 5.10 Å². The molecule has 0 spiro atoms. The van der Waals surface area contributed by atoms with Crippen LogP contribution in [0.2, 0.25) is 0 Å². The molecule has 2 aliphatic carbocycles. The van der Waals surface area contributed by atoms with Gasteiger partial charge in [-0.05, 0) is 36.1 Å². The van der Waals surface area contributed by atoms with Gasteiger partial charge in [0.25, 0.3) is 0 Å². The fraction of sp³-hybridized carbons (Fsp3) is 0.818. The van der Waals surface area contributed by atoms with Gasteiger partial charge in [0, 0.05) is 5.92 Å². The molecule has 3 rings (SSSR count). The number of aliphatic carboxylic acids is 1. The second-order valence-corrected chi connectivity index (χ2v) is 5.26. The first-order valence-electron chi connectivity index (χ1n) is 6.21. The minimum absolute atomic E-state index is 0.426. The lowest BCUT2D eigenvalue weighted by atomic mass is 10.1. The van der Waals surface area contributed by atoms with Crippen LogP contribution in [0.5, 0.6) is 0 Å². The molecule has 0 amide bonds. The maximum atomic E-state index is 11.2. The van der Waals surface area contributed by atoms with Gasteiger partial charge >= 0.3 is 5.97 Å². The number of aromatic nitrogens is 4. The first-order valence-corrected chi connectivity index (χ1v) is 6.21. The second kappa shape index (κ2) is 3.78. The SMILES string of the molecule is O=C(O)C1(Cn2nnnc2C2CCCC2)CC1. The summed E-state index contributed by atoms with van der Waals surface area (Å²) in [7, 11) is 0. The van der Waals surface area contributed by atoms with Crippen molar-refractivity contribution in [3.63, 3.8) is 0 Å². The largest absolute Gasteiger partial charge is 0.481 e. The third-order valence-corrected chi connectivity index (χ3v) is 4.04. The van der Waals surface area contributed by atoms with Gasteiger partial charge in [0.05, 0.1) is 12.0 Å². The maximum absolute atomic E-state index is 11.2. The molecule has 1 aromatic heterocycles. The Kier molecular flexibility index (Phi) is 2.38. The topological polar surface area (TPSA) is 80.9 Å². The van der Waals surface area contributed by atoms with E-state index in [9.17, 15) is 9.90 Å². The number of nitrogens with zero attached hydrogens (tertiary/aromatic N) is 4. The Hall–Kier alpha value is -1.46. The molecular weight excluding hydrogens is 220 g/mol. The normalized spacial score (nSPS) is 22.8. The predicted octanol–water partition coefficient (Wildman–Crippen LogP) is 1.20. The molecule has 0 aliphatic heterocycles. The number of carboxylic acids is 1. The van der Waals surface area contributed by atoms with Crippen LogP contribution in [0.25, 0.3) is 0 Å². The molecule has 0 unspecified atom stereocenters. The van der Waals surface area contributed by atoms with E-state index in [4.69, 9.17) is 0 Å². The first-order chi connectivity index (χ1) is 8.21. The van der Waals surface area contributed by atoms with Crippen molar-refractivity contribution in [2.75, 3.05) is 0 Å². The van der Waals surface area contributed by atoms with Crippen molar-refractivity contribution < 1.29 is 9.90 Å². The highest BCUT2D eigenvalue weighted by molar-refractivity contribution is 5.77. The van der Waals surface area contributed by atoms with Crippen LogP contribution in [-0.4, -0.2) is 31.3 Å². The Labute approximate surface area is 99.0 Å². The Morgan fingerprint density at radius 2 is 2.12 bits per heavy atom. The van der Waals surface area contributed by atoms with E-state index < -0.39 is 11.4 Å². The fourth-order valence-corrected chi connectivity index (χ4v) is 2.68. The van der Waals surface area contributed by atoms with Crippen LogP contribution in [0.1, 0.15) is 50.3 Å². The zero-order chi connectivity index (χ0) is 11.9. The molecule has 17 heavy (non-hydrogen) atoms. The van der Waals surface area contributed by atoms with Gasteiger partial charge < -0.3 is 5.11 Å². The number of hydrogen-bond donors (Lipinski definition) is 1. The fourth-order valence-electron chi connectivity index (χ4n) is 2.68. The smallest absolute Gasteiger partial charge is 0.311 e. The van der Waals surface area contributed by atoms with E-state index in [2.05, 4.69) is 15.5 Å². The van der Waals surface area contributed by atoms with Crippen LogP contribution < -0.4 is 0 Å².